The highest BCUT2D eigenvalue weighted by molar-refractivity contribution is 7.99. The average Bonchev–Trinajstić information content (AvgIpc) is 2.55. The lowest BCUT2D eigenvalue weighted by Crippen LogP contribution is -2.25. The maximum atomic E-state index is 12.1. The molecule has 2 N–H and O–H groups in total. The monoisotopic (exact) mass is 328 g/mol. The van der Waals surface area contributed by atoms with Crippen molar-refractivity contribution in [2.45, 2.75) is 30.4 Å². The molecule has 0 fully saturated rings. The van der Waals surface area contributed by atoms with Crippen LogP contribution < -0.4 is 10.6 Å². The summed E-state index contributed by atoms with van der Waals surface area (Å²) in [7, 11) is 0. The zero-order chi connectivity index (χ0) is 16.5. The zero-order valence-electron chi connectivity index (χ0n) is 13.7. The Bertz CT molecular complexity index is 597. The van der Waals surface area contributed by atoms with Gasteiger partial charge in [0, 0.05) is 34.5 Å². The summed E-state index contributed by atoms with van der Waals surface area (Å²) in [6.45, 7) is 5.83. The molecule has 0 aliphatic rings. The molecule has 0 aliphatic heterocycles. The molecular formula is C19H24N2OS. The minimum absolute atomic E-state index is 0.00851. The van der Waals surface area contributed by atoms with Gasteiger partial charge in [-0.2, -0.15) is 0 Å². The fourth-order valence-corrected chi connectivity index (χ4v) is 2.98. The van der Waals surface area contributed by atoms with Crippen molar-refractivity contribution in [2.24, 2.45) is 0 Å². The summed E-state index contributed by atoms with van der Waals surface area (Å²) < 4.78 is 0. The summed E-state index contributed by atoms with van der Waals surface area (Å²) in [5, 5.41) is 6.84. The van der Waals surface area contributed by atoms with E-state index in [4.69, 9.17) is 0 Å². The van der Waals surface area contributed by atoms with Gasteiger partial charge in [0.25, 0.3) is 5.91 Å². The molecule has 0 atom stereocenters. The van der Waals surface area contributed by atoms with Gasteiger partial charge in [-0.05, 0) is 42.8 Å². The van der Waals surface area contributed by atoms with Gasteiger partial charge >= 0.3 is 0 Å². The first kappa shape index (κ1) is 17.4. The Labute approximate surface area is 142 Å². The van der Waals surface area contributed by atoms with Crippen LogP contribution in [-0.2, 0) is 0 Å². The summed E-state index contributed by atoms with van der Waals surface area (Å²) in [6.07, 6.45) is 0.891. The fraction of sp³-hybridized carbons (Fsp3) is 0.316. The lowest BCUT2D eigenvalue weighted by atomic mass is 10.2. The van der Waals surface area contributed by atoms with Crippen molar-refractivity contribution in [3.05, 3.63) is 60.2 Å². The predicted octanol–water partition coefficient (Wildman–Crippen LogP) is 4.42. The lowest BCUT2D eigenvalue weighted by Gasteiger charge is -2.08. The van der Waals surface area contributed by atoms with E-state index < -0.39 is 0 Å². The van der Waals surface area contributed by atoms with Gasteiger partial charge in [-0.1, -0.05) is 32.0 Å². The van der Waals surface area contributed by atoms with Crippen LogP contribution in [-0.4, -0.2) is 24.2 Å². The van der Waals surface area contributed by atoms with Gasteiger partial charge in [0.05, 0.1) is 0 Å². The maximum absolute atomic E-state index is 12.1. The van der Waals surface area contributed by atoms with Crippen LogP contribution in [0.15, 0.2) is 59.5 Å². The molecule has 0 spiro atoms. The van der Waals surface area contributed by atoms with E-state index >= 15 is 0 Å². The Kier molecular flexibility index (Phi) is 7.01. The Hall–Kier alpha value is -1.94. The SMILES string of the molecule is CC(C)Sc1ccc(C(=O)NCCCNc2ccccc2)cc1. The van der Waals surface area contributed by atoms with Crippen molar-refractivity contribution in [1.29, 1.82) is 0 Å². The number of thioether (sulfide) groups is 1. The van der Waals surface area contributed by atoms with Gasteiger partial charge < -0.3 is 10.6 Å². The van der Waals surface area contributed by atoms with Gasteiger partial charge in [0.2, 0.25) is 0 Å². The number of anilines is 1. The highest BCUT2D eigenvalue weighted by atomic mass is 32.2. The molecule has 4 heteroatoms. The van der Waals surface area contributed by atoms with Crippen LogP contribution in [0.2, 0.25) is 0 Å². The average molecular weight is 328 g/mol. The molecule has 2 aromatic rings. The van der Waals surface area contributed by atoms with E-state index in [1.54, 1.807) is 11.8 Å². The molecule has 0 aliphatic carbocycles. The molecule has 23 heavy (non-hydrogen) atoms. The minimum Gasteiger partial charge on any atom is -0.385 e. The predicted molar refractivity (Wildman–Crippen MR) is 99.3 cm³/mol. The zero-order valence-corrected chi connectivity index (χ0v) is 14.5. The van der Waals surface area contributed by atoms with E-state index in [0.717, 1.165) is 18.7 Å². The van der Waals surface area contributed by atoms with Crippen LogP contribution in [0.3, 0.4) is 0 Å². The first-order valence-electron chi connectivity index (χ1n) is 7.99. The van der Waals surface area contributed by atoms with Crippen LogP contribution in [0, 0.1) is 0 Å². The number of carbonyl (C=O) groups excluding carboxylic acids is 1. The third-order valence-corrected chi connectivity index (χ3v) is 4.25. The first-order valence-corrected chi connectivity index (χ1v) is 8.87. The second-order valence-electron chi connectivity index (χ2n) is 5.59. The van der Waals surface area contributed by atoms with Crippen LogP contribution in [0.4, 0.5) is 5.69 Å². The molecule has 122 valence electrons. The summed E-state index contributed by atoms with van der Waals surface area (Å²) in [5.41, 5.74) is 1.83. The quantitative estimate of drug-likeness (QED) is 0.557. The van der Waals surface area contributed by atoms with Crippen molar-refractivity contribution in [3.63, 3.8) is 0 Å². The topological polar surface area (TPSA) is 41.1 Å². The van der Waals surface area contributed by atoms with E-state index in [1.165, 1.54) is 4.90 Å². The summed E-state index contributed by atoms with van der Waals surface area (Å²) >= 11 is 1.80. The number of para-hydroxylation sites is 1. The number of benzene rings is 2. The van der Waals surface area contributed by atoms with Crippen LogP contribution in [0.5, 0.6) is 0 Å². The van der Waals surface area contributed by atoms with E-state index in [-0.39, 0.29) is 5.91 Å². The van der Waals surface area contributed by atoms with Crippen molar-refractivity contribution in [3.8, 4) is 0 Å². The number of carbonyl (C=O) groups is 1. The van der Waals surface area contributed by atoms with Crippen LogP contribution in [0.25, 0.3) is 0 Å². The van der Waals surface area contributed by atoms with Gasteiger partial charge in [0.15, 0.2) is 0 Å². The smallest absolute Gasteiger partial charge is 0.251 e. The molecule has 1 amide bonds. The highest BCUT2D eigenvalue weighted by Crippen LogP contribution is 2.22. The maximum Gasteiger partial charge on any atom is 0.251 e. The summed E-state index contributed by atoms with van der Waals surface area (Å²) in [5.74, 6) is -0.00851. The third-order valence-electron chi connectivity index (χ3n) is 3.23. The number of nitrogens with one attached hydrogen (secondary N) is 2. The molecule has 0 saturated carbocycles. The lowest BCUT2D eigenvalue weighted by molar-refractivity contribution is 0.0953. The molecule has 3 nitrogen and oxygen atoms in total. The normalized spacial score (nSPS) is 10.6. The Balaban J connectivity index is 1.68. The van der Waals surface area contributed by atoms with Gasteiger partial charge in [-0.25, -0.2) is 0 Å². The number of hydrogen-bond acceptors (Lipinski definition) is 3. The first-order chi connectivity index (χ1) is 11.1. The minimum atomic E-state index is -0.00851. The molecular weight excluding hydrogens is 304 g/mol. The molecule has 0 radical (unpaired) electrons. The Morgan fingerprint density at radius 1 is 1.00 bits per heavy atom. The molecule has 2 aromatic carbocycles. The molecule has 0 heterocycles. The largest absolute Gasteiger partial charge is 0.385 e. The van der Waals surface area contributed by atoms with E-state index in [9.17, 15) is 4.79 Å². The van der Waals surface area contributed by atoms with E-state index in [1.807, 2.05) is 54.6 Å². The van der Waals surface area contributed by atoms with E-state index in [0.29, 0.717) is 17.4 Å². The van der Waals surface area contributed by atoms with Gasteiger partial charge in [-0.3, -0.25) is 4.79 Å². The Morgan fingerprint density at radius 2 is 1.70 bits per heavy atom. The van der Waals surface area contributed by atoms with E-state index in [2.05, 4.69) is 24.5 Å². The number of amides is 1. The van der Waals surface area contributed by atoms with Crippen molar-refractivity contribution in [2.75, 3.05) is 18.4 Å². The highest BCUT2D eigenvalue weighted by Gasteiger charge is 2.05. The van der Waals surface area contributed by atoms with Gasteiger partial charge in [0.1, 0.15) is 0 Å². The molecule has 2 rings (SSSR count). The Morgan fingerprint density at radius 3 is 2.35 bits per heavy atom. The summed E-state index contributed by atoms with van der Waals surface area (Å²) in [4.78, 5) is 13.3. The van der Waals surface area contributed by atoms with Gasteiger partial charge in [-0.15, -0.1) is 11.8 Å². The molecule has 0 aromatic heterocycles. The fourth-order valence-electron chi connectivity index (χ4n) is 2.14. The summed E-state index contributed by atoms with van der Waals surface area (Å²) in [6, 6.07) is 17.9. The van der Waals surface area contributed by atoms with Crippen molar-refractivity contribution < 1.29 is 4.79 Å². The molecule has 0 unspecified atom stereocenters. The second kappa shape index (κ2) is 9.26. The van der Waals surface area contributed by atoms with Crippen molar-refractivity contribution in [1.82, 2.24) is 5.32 Å². The molecule has 0 bridgehead atoms. The number of hydrogen-bond donors (Lipinski definition) is 2. The standard InChI is InChI=1S/C19H24N2OS/c1-15(2)23-18-11-9-16(10-12-18)19(22)21-14-6-13-20-17-7-4-3-5-8-17/h3-5,7-12,15,20H,6,13-14H2,1-2H3,(H,21,22). The third kappa shape index (κ3) is 6.37. The second-order valence-corrected chi connectivity index (χ2v) is 7.24. The van der Waals surface area contributed by atoms with Crippen LogP contribution in [0.1, 0.15) is 30.6 Å². The van der Waals surface area contributed by atoms with Crippen molar-refractivity contribution >= 4 is 23.4 Å². The number of rotatable bonds is 8. The van der Waals surface area contributed by atoms with Crippen LogP contribution >= 0.6 is 11.8 Å². The molecule has 0 saturated heterocycles.